The molecule has 3 rings (SSSR count). The molecule has 27 heavy (non-hydrogen) atoms. The van der Waals surface area contributed by atoms with Gasteiger partial charge in [0.25, 0.3) is 5.91 Å². The molecule has 0 spiro atoms. The van der Waals surface area contributed by atoms with Gasteiger partial charge in [-0.2, -0.15) is 0 Å². The second kappa shape index (κ2) is 8.62. The van der Waals surface area contributed by atoms with Crippen molar-refractivity contribution in [3.05, 3.63) is 89.2 Å². The van der Waals surface area contributed by atoms with E-state index in [2.05, 4.69) is 10.6 Å². The van der Waals surface area contributed by atoms with E-state index < -0.39 is 11.7 Å². The molecule has 1 amide bonds. The number of rotatable bonds is 4. The van der Waals surface area contributed by atoms with Crippen LogP contribution < -0.4 is 15.4 Å². The van der Waals surface area contributed by atoms with Crippen molar-refractivity contribution in [1.29, 1.82) is 0 Å². The van der Waals surface area contributed by atoms with Crippen LogP contribution in [-0.4, -0.2) is 11.0 Å². The SMILES string of the molecule is O=C(NC(=S)Nc1ccc(Oc2ccc(Cl)cc2)cc1)c1ccccc1F. The Hall–Kier alpha value is -2.96. The van der Waals surface area contributed by atoms with Gasteiger partial charge < -0.3 is 10.1 Å². The van der Waals surface area contributed by atoms with Gasteiger partial charge in [-0.1, -0.05) is 23.7 Å². The lowest BCUT2D eigenvalue weighted by Crippen LogP contribution is -2.34. The molecule has 0 bridgehead atoms. The fourth-order valence-corrected chi connectivity index (χ4v) is 2.56. The Morgan fingerprint density at radius 3 is 2.15 bits per heavy atom. The van der Waals surface area contributed by atoms with Gasteiger partial charge in [0, 0.05) is 10.7 Å². The minimum absolute atomic E-state index is 0.0645. The number of nitrogens with one attached hydrogen (secondary N) is 2. The fraction of sp³-hybridized carbons (Fsp3) is 0. The Morgan fingerprint density at radius 2 is 1.52 bits per heavy atom. The van der Waals surface area contributed by atoms with E-state index in [1.54, 1.807) is 54.6 Å². The highest BCUT2D eigenvalue weighted by molar-refractivity contribution is 7.80. The van der Waals surface area contributed by atoms with Crippen LogP contribution >= 0.6 is 23.8 Å². The smallest absolute Gasteiger partial charge is 0.260 e. The van der Waals surface area contributed by atoms with Crippen molar-refractivity contribution >= 4 is 40.5 Å². The molecule has 136 valence electrons. The van der Waals surface area contributed by atoms with Crippen LogP contribution in [0.5, 0.6) is 11.5 Å². The van der Waals surface area contributed by atoms with E-state index in [0.29, 0.717) is 22.2 Å². The lowest BCUT2D eigenvalue weighted by atomic mass is 10.2. The van der Waals surface area contributed by atoms with E-state index in [1.165, 1.54) is 18.2 Å². The maximum atomic E-state index is 13.6. The van der Waals surface area contributed by atoms with E-state index in [9.17, 15) is 9.18 Å². The summed E-state index contributed by atoms with van der Waals surface area (Å²) < 4.78 is 19.3. The van der Waals surface area contributed by atoms with Crippen molar-refractivity contribution in [1.82, 2.24) is 5.32 Å². The third kappa shape index (κ3) is 5.26. The Bertz CT molecular complexity index is 962. The molecule has 0 saturated heterocycles. The second-order valence-corrected chi connectivity index (χ2v) is 6.31. The summed E-state index contributed by atoms with van der Waals surface area (Å²) >= 11 is 10.9. The standard InChI is InChI=1S/C20H14ClFN2O2S/c21-13-5-9-15(10-6-13)26-16-11-7-14(8-12-16)23-20(27)24-19(25)17-3-1-2-4-18(17)22/h1-12H,(H2,23,24,25,27). The van der Waals surface area contributed by atoms with Crippen molar-refractivity contribution in [2.24, 2.45) is 0 Å². The van der Waals surface area contributed by atoms with E-state index in [1.807, 2.05) is 0 Å². The van der Waals surface area contributed by atoms with Crippen LogP contribution in [0.4, 0.5) is 10.1 Å². The van der Waals surface area contributed by atoms with Crippen LogP contribution in [0.1, 0.15) is 10.4 Å². The second-order valence-electron chi connectivity index (χ2n) is 5.47. The number of carbonyl (C=O) groups excluding carboxylic acids is 1. The van der Waals surface area contributed by atoms with E-state index in [4.69, 9.17) is 28.6 Å². The highest BCUT2D eigenvalue weighted by atomic mass is 35.5. The summed E-state index contributed by atoms with van der Waals surface area (Å²) in [5.74, 6) is 0.0618. The third-order valence-corrected chi connectivity index (χ3v) is 3.96. The van der Waals surface area contributed by atoms with Crippen LogP contribution in [0.2, 0.25) is 5.02 Å². The summed E-state index contributed by atoms with van der Waals surface area (Å²) in [7, 11) is 0. The molecule has 0 aliphatic carbocycles. The van der Waals surface area contributed by atoms with Gasteiger partial charge in [-0.25, -0.2) is 4.39 Å². The number of hydrogen-bond acceptors (Lipinski definition) is 3. The number of anilines is 1. The summed E-state index contributed by atoms with van der Waals surface area (Å²) in [4.78, 5) is 12.0. The van der Waals surface area contributed by atoms with Crippen LogP contribution in [0.25, 0.3) is 0 Å². The molecule has 0 fully saturated rings. The van der Waals surface area contributed by atoms with Gasteiger partial charge in [0.2, 0.25) is 0 Å². The number of carbonyl (C=O) groups is 1. The zero-order valence-corrected chi connectivity index (χ0v) is 15.5. The molecule has 3 aromatic carbocycles. The molecule has 7 heteroatoms. The molecule has 4 nitrogen and oxygen atoms in total. The van der Waals surface area contributed by atoms with E-state index >= 15 is 0 Å². The van der Waals surface area contributed by atoms with E-state index in [0.717, 1.165) is 0 Å². The molecule has 2 N–H and O–H groups in total. The highest BCUT2D eigenvalue weighted by Gasteiger charge is 2.12. The Morgan fingerprint density at radius 1 is 0.926 bits per heavy atom. The predicted molar refractivity (Wildman–Crippen MR) is 108 cm³/mol. The minimum Gasteiger partial charge on any atom is -0.457 e. The summed E-state index contributed by atoms with van der Waals surface area (Å²) in [6.07, 6.45) is 0. The van der Waals surface area contributed by atoms with Gasteiger partial charge in [-0.05, 0) is 72.9 Å². The number of thiocarbonyl (C=S) groups is 1. The van der Waals surface area contributed by atoms with Gasteiger partial charge in [-0.15, -0.1) is 0 Å². The normalized spacial score (nSPS) is 10.1. The van der Waals surface area contributed by atoms with Crippen LogP contribution in [0.3, 0.4) is 0 Å². The molecule has 0 aromatic heterocycles. The van der Waals surface area contributed by atoms with Crippen LogP contribution in [0.15, 0.2) is 72.8 Å². The lowest BCUT2D eigenvalue weighted by Gasteiger charge is -2.11. The predicted octanol–water partition coefficient (Wildman–Crippen LogP) is 5.40. The van der Waals surface area contributed by atoms with E-state index in [-0.39, 0.29) is 10.7 Å². The summed E-state index contributed by atoms with van der Waals surface area (Å²) in [5, 5.41) is 6.00. The monoisotopic (exact) mass is 400 g/mol. The quantitative estimate of drug-likeness (QED) is 0.576. The molecule has 0 unspecified atom stereocenters. The van der Waals surface area contributed by atoms with Crippen LogP contribution in [-0.2, 0) is 0 Å². The molecule has 0 atom stereocenters. The van der Waals surface area contributed by atoms with Gasteiger partial charge >= 0.3 is 0 Å². The number of amides is 1. The average molecular weight is 401 g/mol. The number of benzene rings is 3. The first-order chi connectivity index (χ1) is 13.0. The van der Waals surface area contributed by atoms with Crippen molar-refractivity contribution in [3.8, 4) is 11.5 Å². The summed E-state index contributed by atoms with van der Waals surface area (Å²) in [5.41, 5.74) is 0.575. The Kier molecular flexibility index (Phi) is 6.01. The third-order valence-electron chi connectivity index (χ3n) is 3.51. The van der Waals surface area contributed by atoms with Crippen molar-refractivity contribution in [2.75, 3.05) is 5.32 Å². The minimum atomic E-state index is -0.617. The first kappa shape index (κ1) is 18.8. The van der Waals surface area contributed by atoms with Crippen LogP contribution in [0, 0.1) is 5.82 Å². The number of halogens is 2. The lowest BCUT2D eigenvalue weighted by molar-refractivity contribution is 0.0974. The topological polar surface area (TPSA) is 50.4 Å². The summed E-state index contributed by atoms with van der Waals surface area (Å²) in [6.45, 7) is 0. The number of ether oxygens (including phenoxy) is 1. The average Bonchev–Trinajstić information content (AvgIpc) is 2.65. The van der Waals surface area contributed by atoms with Gasteiger partial charge in [-0.3, -0.25) is 10.1 Å². The molecular weight excluding hydrogens is 387 g/mol. The van der Waals surface area contributed by atoms with Gasteiger partial charge in [0.05, 0.1) is 5.56 Å². The van der Waals surface area contributed by atoms with Gasteiger partial charge in [0.1, 0.15) is 17.3 Å². The highest BCUT2D eigenvalue weighted by Crippen LogP contribution is 2.24. The fourth-order valence-electron chi connectivity index (χ4n) is 2.22. The Labute approximate surface area is 165 Å². The molecule has 0 saturated carbocycles. The Balaban J connectivity index is 1.57. The zero-order chi connectivity index (χ0) is 19.2. The first-order valence-corrected chi connectivity index (χ1v) is 8.70. The maximum absolute atomic E-state index is 13.6. The van der Waals surface area contributed by atoms with Crippen molar-refractivity contribution < 1.29 is 13.9 Å². The number of hydrogen-bond donors (Lipinski definition) is 2. The molecule has 3 aromatic rings. The summed E-state index contributed by atoms with van der Waals surface area (Å²) in [6, 6.07) is 19.7. The molecular formula is C20H14ClFN2O2S. The zero-order valence-electron chi connectivity index (χ0n) is 13.9. The van der Waals surface area contributed by atoms with Gasteiger partial charge in [0.15, 0.2) is 5.11 Å². The molecule has 0 aliphatic heterocycles. The van der Waals surface area contributed by atoms with Crippen molar-refractivity contribution in [2.45, 2.75) is 0 Å². The first-order valence-electron chi connectivity index (χ1n) is 7.91. The molecule has 0 aliphatic rings. The largest absolute Gasteiger partial charge is 0.457 e. The maximum Gasteiger partial charge on any atom is 0.260 e. The van der Waals surface area contributed by atoms with Crippen molar-refractivity contribution in [3.63, 3.8) is 0 Å². The molecule has 0 radical (unpaired) electrons. The molecule has 0 heterocycles.